The molecule has 4 rings (SSSR count). The summed E-state index contributed by atoms with van der Waals surface area (Å²) >= 11 is 0. The van der Waals surface area contributed by atoms with Gasteiger partial charge < -0.3 is 19.3 Å². The number of nitrogens with zero attached hydrogens (tertiary/aromatic N) is 1. The highest BCUT2D eigenvalue weighted by Crippen LogP contribution is 2.44. The Kier molecular flexibility index (Phi) is 5.00. The van der Waals surface area contributed by atoms with E-state index in [2.05, 4.69) is 4.90 Å². The summed E-state index contributed by atoms with van der Waals surface area (Å²) in [6.45, 7) is 7.87. The number of aromatic hydroxyl groups is 1. The third-order valence-electron chi connectivity index (χ3n) is 5.14. The van der Waals surface area contributed by atoms with Gasteiger partial charge in [-0.15, -0.1) is 0 Å². The molecule has 0 aromatic heterocycles. The third kappa shape index (κ3) is 3.57. The normalized spacial score (nSPS) is 18.5. The first kappa shape index (κ1) is 18.8. The van der Waals surface area contributed by atoms with Gasteiger partial charge in [-0.3, -0.25) is 4.90 Å². The summed E-state index contributed by atoms with van der Waals surface area (Å²) < 4.78 is 17.0. The lowest BCUT2D eigenvalue weighted by molar-refractivity contribution is 0.0194. The molecule has 1 fully saturated rings. The van der Waals surface area contributed by atoms with Gasteiger partial charge in [0, 0.05) is 36.0 Å². The van der Waals surface area contributed by atoms with E-state index < -0.39 is 11.6 Å². The SMILES string of the molecule is CC1(C)C=Cc2c(C(=O)OCCN3CCOCC3)c(O)c3ccccc3c2O1. The molecule has 2 aromatic carbocycles. The number of carbonyl (C=O) groups excluding carboxylic acids is 1. The maximum atomic E-state index is 12.9. The van der Waals surface area contributed by atoms with Gasteiger partial charge in [-0.1, -0.05) is 30.3 Å². The Balaban J connectivity index is 1.64. The summed E-state index contributed by atoms with van der Waals surface area (Å²) in [5.41, 5.74) is 0.221. The largest absolute Gasteiger partial charge is 0.506 e. The van der Waals surface area contributed by atoms with Crippen LogP contribution in [0.3, 0.4) is 0 Å². The van der Waals surface area contributed by atoms with Crippen LogP contribution < -0.4 is 4.74 Å². The molecule has 0 aliphatic carbocycles. The van der Waals surface area contributed by atoms with Crippen LogP contribution in [0.15, 0.2) is 30.3 Å². The molecule has 2 aliphatic heterocycles. The highest BCUT2D eigenvalue weighted by atomic mass is 16.5. The van der Waals surface area contributed by atoms with Crippen LogP contribution in [0.4, 0.5) is 0 Å². The van der Waals surface area contributed by atoms with Crippen molar-refractivity contribution in [3.8, 4) is 11.5 Å². The molecule has 0 unspecified atom stereocenters. The topological polar surface area (TPSA) is 68.2 Å². The third-order valence-corrected chi connectivity index (χ3v) is 5.14. The van der Waals surface area contributed by atoms with Gasteiger partial charge in [0.15, 0.2) is 0 Å². The monoisotopic (exact) mass is 383 g/mol. The first-order valence-electron chi connectivity index (χ1n) is 9.59. The summed E-state index contributed by atoms with van der Waals surface area (Å²) in [6.07, 6.45) is 3.72. The molecular formula is C22H25NO5. The van der Waals surface area contributed by atoms with E-state index in [1.807, 2.05) is 44.2 Å². The molecule has 0 spiro atoms. The van der Waals surface area contributed by atoms with Crippen LogP contribution in [0, 0.1) is 0 Å². The van der Waals surface area contributed by atoms with Crippen molar-refractivity contribution in [1.82, 2.24) is 4.90 Å². The first-order valence-corrected chi connectivity index (χ1v) is 9.59. The molecule has 1 saturated heterocycles. The average molecular weight is 383 g/mol. The number of phenolic OH excluding ortho intramolecular Hbond substituents is 1. The molecular weight excluding hydrogens is 358 g/mol. The lowest BCUT2D eigenvalue weighted by atomic mass is 9.93. The van der Waals surface area contributed by atoms with Crippen LogP contribution in [-0.2, 0) is 9.47 Å². The Labute approximate surface area is 164 Å². The molecule has 2 heterocycles. The van der Waals surface area contributed by atoms with Crippen LogP contribution in [0.25, 0.3) is 16.8 Å². The average Bonchev–Trinajstić information content (AvgIpc) is 2.69. The van der Waals surface area contributed by atoms with E-state index in [-0.39, 0.29) is 17.9 Å². The molecule has 2 aromatic rings. The van der Waals surface area contributed by atoms with Crippen LogP contribution in [0.1, 0.15) is 29.8 Å². The van der Waals surface area contributed by atoms with E-state index in [1.54, 1.807) is 6.07 Å². The van der Waals surface area contributed by atoms with Gasteiger partial charge in [-0.05, 0) is 19.9 Å². The molecule has 0 amide bonds. The minimum absolute atomic E-state index is 0.0707. The minimum Gasteiger partial charge on any atom is -0.506 e. The number of benzene rings is 2. The maximum absolute atomic E-state index is 12.9. The van der Waals surface area contributed by atoms with Gasteiger partial charge in [0.25, 0.3) is 0 Å². The highest BCUT2D eigenvalue weighted by molar-refractivity contribution is 6.08. The van der Waals surface area contributed by atoms with Crippen LogP contribution >= 0.6 is 0 Å². The summed E-state index contributed by atoms with van der Waals surface area (Å²) in [7, 11) is 0. The van der Waals surface area contributed by atoms with Gasteiger partial charge in [0.1, 0.15) is 29.3 Å². The van der Waals surface area contributed by atoms with Crippen molar-refractivity contribution in [1.29, 1.82) is 0 Å². The molecule has 0 atom stereocenters. The molecule has 6 nitrogen and oxygen atoms in total. The van der Waals surface area contributed by atoms with Crippen molar-refractivity contribution >= 4 is 22.8 Å². The predicted molar refractivity (Wildman–Crippen MR) is 107 cm³/mol. The van der Waals surface area contributed by atoms with E-state index in [9.17, 15) is 9.90 Å². The zero-order valence-electron chi connectivity index (χ0n) is 16.2. The number of carbonyl (C=O) groups is 1. The fourth-order valence-corrected chi connectivity index (χ4v) is 3.63. The number of ether oxygens (including phenoxy) is 3. The van der Waals surface area contributed by atoms with E-state index in [1.165, 1.54) is 0 Å². The van der Waals surface area contributed by atoms with E-state index >= 15 is 0 Å². The van der Waals surface area contributed by atoms with Crippen molar-refractivity contribution < 1.29 is 24.1 Å². The minimum atomic E-state index is -0.541. The molecule has 6 heteroatoms. The summed E-state index contributed by atoms with van der Waals surface area (Å²) in [5.74, 6) is -0.0135. The molecule has 0 saturated carbocycles. The molecule has 148 valence electrons. The standard InChI is InChI=1S/C22H25NO5/c1-22(2)8-7-17-18(21(25)27-14-11-23-9-12-26-13-10-23)19(24)15-5-3-4-6-16(15)20(17)28-22/h3-8,24H,9-14H2,1-2H3. The van der Waals surface area contributed by atoms with Gasteiger partial charge in [0.2, 0.25) is 0 Å². The quantitative estimate of drug-likeness (QED) is 0.818. The van der Waals surface area contributed by atoms with Crippen LogP contribution in [0.5, 0.6) is 11.5 Å². The van der Waals surface area contributed by atoms with Gasteiger partial charge in [0.05, 0.1) is 13.2 Å². The number of hydrogen-bond donors (Lipinski definition) is 1. The first-order chi connectivity index (χ1) is 13.5. The summed E-state index contributed by atoms with van der Waals surface area (Å²) in [5, 5.41) is 12.2. The van der Waals surface area contributed by atoms with Crippen molar-refractivity contribution in [2.75, 3.05) is 39.5 Å². The van der Waals surface area contributed by atoms with Crippen molar-refractivity contribution in [2.45, 2.75) is 19.4 Å². The van der Waals surface area contributed by atoms with Crippen molar-refractivity contribution in [2.24, 2.45) is 0 Å². The Hall–Kier alpha value is -2.57. The number of hydrogen-bond acceptors (Lipinski definition) is 6. The van der Waals surface area contributed by atoms with E-state index in [4.69, 9.17) is 14.2 Å². The second-order valence-corrected chi connectivity index (χ2v) is 7.64. The second-order valence-electron chi connectivity index (χ2n) is 7.64. The number of esters is 1. The number of morpholine rings is 1. The Morgan fingerprint density at radius 1 is 1.21 bits per heavy atom. The zero-order valence-corrected chi connectivity index (χ0v) is 16.2. The molecule has 2 aliphatic rings. The Morgan fingerprint density at radius 2 is 1.93 bits per heavy atom. The predicted octanol–water partition coefficient (Wildman–Crippen LogP) is 3.22. The summed E-state index contributed by atoms with van der Waals surface area (Å²) in [6, 6.07) is 7.38. The molecule has 1 N–H and O–H groups in total. The van der Waals surface area contributed by atoms with E-state index in [0.717, 1.165) is 18.5 Å². The van der Waals surface area contributed by atoms with Crippen LogP contribution in [0.2, 0.25) is 0 Å². The van der Waals surface area contributed by atoms with Gasteiger partial charge in [-0.2, -0.15) is 0 Å². The number of fused-ring (bicyclic) bond motifs is 3. The lowest BCUT2D eigenvalue weighted by Gasteiger charge is -2.30. The second kappa shape index (κ2) is 7.45. The Bertz CT molecular complexity index is 928. The zero-order chi connectivity index (χ0) is 19.7. The maximum Gasteiger partial charge on any atom is 0.342 e. The Morgan fingerprint density at radius 3 is 2.68 bits per heavy atom. The molecule has 28 heavy (non-hydrogen) atoms. The fourth-order valence-electron chi connectivity index (χ4n) is 3.63. The van der Waals surface area contributed by atoms with E-state index in [0.29, 0.717) is 36.5 Å². The fraction of sp³-hybridized carbons (Fsp3) is 0.409. The number of phenols is 1. The lowest BCUT2D eigenvalue weighted by Crippen LogP contribution is -2.38. The van der Waals surface area contributed by atoms with Gasteiger partial charge >= 0.3 is 5.97 Å². The number of rotatable bonds is 4. The molecule has 0 radical (unpaired) electrons. The van der Waals surface area contributed by atoms with Gasteiger partial charge in [-0.25, -0.2) is 4.79 Å². The summed E-state index contributed by atoms with van der Waals surface area (Å²) in [4.78, 5) is 15.1. The molecule has 0 bridgehead atoms. The highest BCUT2D eigenvalue weighted by Gasteiger charge is 2.30. The smallest absolute Gasteiger partial charge is 0.342 e. The van der Waals surface area contributed by atoms with Crippen molar-refractivity contribution in [3.05, 3.63) is 41.5 Å². The van der Waals surface area contributed by atoms with Crippen molar-refractivity contribution in [3.63, 3.8) is 0 Å². The van der Waals surface area contributed by atoms with Crippen LogP contribution in [-0.4, -0.2) is 61.0 Å².